The van der Waals surface area contributed by atoms with Crippen LogP contribution < -0.4 is 5.32 Å². The number of anilines is 1. The Kier molecular flexibility index (Phi) is 5.53. The zero-order chi connectivity index (χ0) is 22.7. The smallest absolute Gasteiger partial charge is 0.255 e. The van der Waals surface area contributed by atoms with Crippen LogP contribution in [0.5, 0.6) is 0 Å². The molecule has 2 aromatic carbocycles. The number of rotatable bonds is 5. The van der Waals surface area contributed by atoms with Crippen LogP contribution in [-0.4, -0.2) is 42.5 Å². The van der Waals surface area contributed by atoms with Gasteiger partial charge in [-0.25, -0.2) is 21.6 Å². The van der Waals surface area contributed by atoms with Crippen molar-refractivity contribution >= 4 is 33.0 Å². The van der Waals surface area contributed by atoms with E-state index in [4.69, 9.17) is 11.6 Å². The highest BCUT2D eigenvalue weighted by molar-refractivity contribution is 7.91. The first-order valence-electron chi connectivity index (χ1n) is 9.34. The number of benzene rings is 2. The van der Waals surface area contributed by atoms with Gasteiger partial charge in [-0.1, -0.05) is 11.6 Å². The summed E-state index contributed by atoms with van der Waals surface area (Å²) in [6.07, 6.45) is -1.38. The van der Waals surface area contributed by atoms with E-state index < -0.39 is 51.3 Å². The van der Waals surface area contributed by atoms with Crippen molar-refractivity contribution in [3.63, 3.8) is 0 Å². The lowest BCUT2D eigenvalue weighted by Crippen LogP contribution is -2.37. The van der Waals surface area contributed by atoms with E-state index in [0.717, 1.165) is 6.07 Å². The van der Waals surface area contributed by atoms with Gasteiger partial charge < -0.3 is 15.5 Å². The number of nitrogens with one attached hydrogen (secondary N) is 1. The molecule has 1 amide bonds. The van der Waals surface area contributed by atoms with E-state index >= 15 is 0 Å². The van der Waals surface area contributed by atoms with Gasteiger partial charge in [0, 0.05) is 23.4 Å². The van der Waals surface area contributed by atoms with E-state index in [-0.39, 0.29) is 38.8 Å². The van der Waals surface area contributed by atoms with Crippen molar-refractivity contribution < 1.29 is 36.6 Å². The quantitative estimate of drug-likeness (QED) is 0.577. The van der Waals surface area contributed by atoms with Crippen molar-refractivity contribution in [1.29, 1.82) is 0 Å². The van der Waals surface area contributed by atoms with Crippen molar-refractivity contribution in [1.82, 2.24) is 0 Å². The summed E-state index contributed by atoms with van der Waals surface area (Å²) in [4.78, 5) is 12.1. The number of carbonyl (C=O) groups excluding carboxylic acids is 1. The third-order valence-electron chi connectivity index (χ3n) is 6.05. The molecule has 166 valence electrons. The Morgan fingerprint density at radius 2 is 1.65 bits per heavy atom. The summed E-state index contributed by atoms with van der Waals surface area (Å²) in [7, 11) is -3.98. The number of halogens is 4. The van der Waals surface area contributed by atoms with Gasteiger partial charge in [-0.2, -0.15) is 0 Å². The molecule has 6 nitrogen and oxygen atoms in total. The summed E-state index contributed by atoms with van der Waals surface area (Å²) in [6, 6.07) is 4.65. The molecule has 11 heteroatoms. The van der Waals surface area contributed by atoms with Crippen molar-refractivity contribution in [3.8, 4) is 0 Å². The lowest BCUT2D eigenvalue weighted by Gasteiger charge is -2.35. The van der Waals surface area contributed by atoms with Crippen LogP contribution in [0, 0.1) is 35.2 Å². The fourth-order valence-corrected chi connectivity index (χ4v) is 6.70. The topological polar surface area (TPSA) is 104 Å². The number of carbonyl (C=O) groups is 1. The second-order valence-corrected chi connectivity index (χ2v) is 10.3. The highest BCUT2D eigenvalue weighted by Gasteiger charge is 2.59. The molecule has 5 atom stereocenters. The molecule has 0 spiro atoms. The number of sulfone groups is 1. The first-order valence-corrected chi connectivity index (χ1v) is 11.4. The van der Waals surface area contributed by atoms with Gasteiger partial charge in [-0.15, -0.1) is 0 Å². The van der Waals surface area contributed by atoms with Gasteiger partial charge in [-0.05, 0) is 42.4 Å². The second-order valence-electron chi connectivity index (χ2n) is 7.84. The Morgan fingerprint density at radius 3 is 2.19 bits per heavy atom. The van der Waals surface area contributed by atoms with Gasteiger partial charge in [0.2, 0.25) is 0 Å². The Morgan fingerprint density at radius 1 is 1.06 bits per heavy atom. The molecule has 31 heavy (non-hydrogen) atoms. The maximum Gasteiger partial charge on any atom is 0.255 e. The minimum atomic E-state index is -3.98. The van der Waals surface area contributed by atoms with Crippen LogP contribution in [0.15, 0.2) is 35.2 Å². The lowest BCUT2D eigenvalue weighted by atomic mass is 9.73. The number of hydrogen-bond donors (Lipinski definition) is 3. The van der Waals surface area contributed by atoms with Crippen LogP contribution in [0.4, 0.5) is 18.9 Å². The lowest BCUT2D eigenvalue weighted by molar-refractivity contribution is 0.0396. The number of hydrogen-bond acceptors (Lipinski definition) is 5. The molecule has 2 aromatic rings. The zero-order valence-corrected chi connectivity index (χ0v) is 17.3. The van der Waals surface area contributed by atoms with Crippen LogP contribution in [-0.2, 0) is 9.84 Å². The number of fused-ring (bicyclic) bond motifs is 1. The fourth-order valence-electron chi connectivity index (χ4n) is 4.38. The van der Waals surface area contributed by atoms with Gasteiger partial charge in [0.25, 0.3) is 5.91 Å². The summed E-state index contributed by atoms with van der Waals surface area (Å²) in [6.45, 7) is 0. The maximum atomic E-state index is 13.4. The van der Waals surface area contributed by atoms with Crippen LogP contribution in [0.3, 0.4) is 0 Å². The Balaban J connectivity index is 1.56. The van der Waals surface area contributed by atoms with Gasteiger partial charge >= 0.3 is 0 Å². The predicted molar refractivity (Wildman–Crippen MR) is 105 cm³/mol. The van der Waals surface area contributed by atoms with Crippen molar-refractivity contribution in [3.05, 3.63) is 58.4 Å². The van der Waals surface area contributed by atoms with Crippen LogP contribution in [0.1, 0.15) is 16.8 Å². The number of aliphatic hydroxyl groups is 2. The molecule has 0 aliphatic heterocycles. The molecule has 0 saturated heterocycles. The highest BCUT2D eigenvalue weighted by Crippen LogP contribution is 2.54. The average molecular weight is 476 g/mol. The standard InChI is InChI=1S/C20H17ClF3NO5S/c21-13-2-1-8(20(28)25-9-4-14(22)17(24)15(23)5-9)3-16(13)31(29,30)7-12-10-6-11(12)19(27)18(10)26/h1-5,10-12,18-19,26-27H,6-7H2,(H,25,28)/t10?,11?,12-,18-,19?/m1/s1. The third kappa shape index (κ3) is 3.82. The maximum absolute atomic E-state index is 13.4. The van der Waals surface area contributed by atoms with Gasteiger partial charge in [0.1, 0.15) is 0 Å². The highest BCUT2D eigenvalue weighted by atomic mass is 35.5. The van der Waals surface area contributed by atoms with E-state index in [1.54, 1.807) is 0 Å². The van der Waals surface area contributed by atoms with E-state index in [2.05, 4.69) is 5.32 Å². The molecule has 3 saturated carbocycles. The summed E-state index contributed by atoms with van der Waals surface area (Å²) in [5.41, 5.74) is -0.500. The van der Waals surface area contributed by atoms with Gasteiger partial charge in [-0.3, -0.25) is 4.79 Å². The summed E-state index contributed by atoms with van der Waals surface area (Å²) in [5.74, 6) is -6.95. The fraction of sp³-hybridized carbons (Fsp3) is 0.350. The molecule has 0 heterocycles. The molecule has 0 aromatic heterocycles. The van der Waals surface area contributed by atoms with E-state index in [0.29, 0.717) is 18.6 Å². The normalized spacial score (nSPS) is 27.1. The van der Waals surface area contributed by atoms with E-state index in [9.17, 15) is 36.6 Å². The van der Waals surface area contributed by atoms with Crippen LogP contribution in [0.25, 0.3) is 0 Å². The largest absolute Gasteiger partial charge is 0.390 e. The molecule has 3 aliphatic carbocycles. The molecule has 3 fully saturated rings. The molecular weight excluding hydrogens is 459 g/mol. The molecule has 2 bridgehead atoms. The summed E-state index contributed by atoms with van der Waals surface area (Å²) in [5, 5.41) is 21.9. The summed E-state index contributed by atoms with van der Waals surface area (Å²) >= 11 is 6.04. The van der Waals surface area contributed by atoms with Gasteiger partial charge in [0.15, 0.2) is 27.3 Å². The SMILES string of the molecule is O=C(Nc1cc(F)c(F)c(F)c1)c1ccc(Cl)c(S(=O)(=O)C[C@H]2C3CC2[C@@H](O)C3O)c1. The molecule has 0 radical (unpaired) electrons. The average Bonchev–Trinajstić information content (AvgIpc) is 3.10. The first kappa shape index (κ1) is 22.1. The zero-order valence-electron chi connectivity index (χ0n) is 15.7. The Labute approximate surface area is 180 Å². The summed E-state index contributed by atoms with van der Waals surface area (Å²) < 4.78 is 65.6. The molecule has 3 N–H and O–H groups in total. The van der Waals surface area contributed by atoms with Crippen LogP contribution >= 0.6 is 11.6 Å². The molecule has 5 rings (SSSR count). The monoisotopic (exact) mass is 475 g/mol. The predicted octanol–water partition coefficient (Wildman–Crippen LogP) is 2.77. The minimum Gasteiger partial charge on any atom is -0.390 e. The Hall–Kier alpha value is -2.14. The van der Waals surface area contributed by atoms with Crippen molar-refractivity contribution in [2.24, 2.45) is 17.8 Å². The van der Waals surface area contributed by atoms with E-state index in [1.165, 1.54) is 12.1 Å². The van der Waals surface area contributed by atoms with E-state index in [1.807, 2.05) is 0 Å². The van der Waals surface area contributed by atoms with Crippen molar-refractivity contribution in [2.45, 2.75) is 23.5 Å². The molecular formula is C20H17ClF3NO5S. The Bertz CT molecular complexity index is 1140. The second kappa shape index (κ2) is 7.77. The number of aliphatic hydroxyl groups excluding tert-OH is 2. The molecule has 3 unspecified atom stereocenters. The molecule has 3 aliphatic rings. The first-order chi connectivity index (χ1) is 14.5. The van der Waals surface area contributed by atoms with Gasteiger partial charge in [0.05, 0.1) is 27.9 Å². The minimum absolute atomic E-state index is 0.122. The number of amides is 1. The third-order valence-corrected chi connectivity index (χ3v) is 8.33. The van der Waals surface area contributed by atoms with Crippen molar-refractivity contribution in [2.75, 3.05) is 11.1 Å². The van der Waals surface area contributed by atoms with Crippen LogP contribution in [0.2, 0.25) is 5.02 Å².